The van der Waals surface area contributed by atoms with Crippen LogP contribution in [0.15, 0.2) is 46.9 Å². The van der Waals surface area contributed by atoms with Gasteiger partial charge in [-0.15, -0.1) is 0 Å². The Bertz CT molecular complexity index is 552. The Labute approximate surface area is 125 Å². The molecule has 106 valence electrons. The summed E-state index contributed by atoms with van der Waals surface area (Å²) in [7, 11) is 0. The third kappa shape index (κ3) is 3.85. The molecule has 2 aromatic rings. The minimum Gasteiger partial charge on any atom is -0.271 e. The van der Waals surface area contributed by atoms with Crippen molar-refractivity contribution in [3.05, 3.63) is 69.7 Å². The second-order valence-electron chi connectivity index (χ2n) is 4.60. The van der Waals surface area contributed by atoms with Crippen molar-refractivity contribution < 1.29 is 8.78 Å². The van der Waals surface area contributed by atoms with E-state index in [0.717, 1.165) is 10.0 Å². The van der Waals surface area contributed by atoms with E-state index in [1.165, 1.54) is 18.2 Å². The minimum absolute atomic E-state index is 0.0626. The van der Waals surface area contributed by atoms with Crippen molar-refractivity contribution in [2.45, 2.75) is 18.9 Å². The molecule has 1 unspecified atom stereocenters. The number of nitrogens with two attached hydrogens (primary N) is 1. The van der Waals surface area contributed by atoms with Crippen LogP contribution in [-0.2, 0) is 12.8 Å². The van der Waals surface area contributed by atoms with E-state index in [0.29, 0.717) is 6.42 Å². The fourth-order valence-corrected chi connectivity index (χ4v) is 2.33. The standard InChI is InChI=1S/C15H15BrF2N2/c16-11-6-4-10(5-7-11)8-12(20-19)9-13-14(17)2-1-3-15(13)18/h1-7,12,20H,8-9,19H2. The summed E-state index contributed by atoms with van der Waals surface area (Å²) in [4.78, 5) is 0. The van der Waals surface area contributed by atoms with Gasteiger partial charge in [-0.3, -0.25) is 11.3 Å². The number of hydrogen-bond acceptors (Lipinski definition) is 2. The van der Waals surface area contributed by atoms with E-state index in [2.05, 4.69) is 21.4 Å². The van der Waals surface area contributed by atoms with Crippen molar-refractivity contribution in [1.29, 1.82) is 0 Å². The molecule has 2 rings (SSSR count). The van der Waals surface area contributed by atoms with Crippen molar-refractivity contribution in [3.63, 3.8) is 0 Å². The number of rotatable bonds is 5. The number of benzene rings is 2. The van der Waals surface area contributed by atoms with Gasteiger partial charge in [-0.05, 0) is 42.7 Å². The van der Waals surface area contributed by atoms with Gasteiger partial charge in [0.2, 0.25) is 0 Å². The maximum absolute atomic E-state index is 13.6. The molecule has 0 fully saturated rings. The monoisotopic (exact) mass is 340 g/mol. The average molecular weight is 341 g/mol. The van der Waals surface area contributed by atoms with Crippen LogP contribution in [0.4, 0.5) is 8.78 Å². The first kappa shape index (κ1) is 15.1. The molecule has 1 atom stereocenters. The quantitative estimate of drug-likeness (QED) is 0.647. The highest BCUT2D eigenvalue weighted by atomic mass is 79.9. The molecular weight excluding hydrogens is 326 g/mol. The normalized spacial score (nSPS) is 12.4. The highest BCUT2D eigenvalue weighted by Gasteiger charge is 2.15. The summed E-state index contributed by atoms with van der Waals surface area (Å²) in [6.45, 7) is 0. The summed E-state index contributed by atoms with van der Waals surface area (Å²) in [5, 5.41) is 0. The van der Waals surface area contributed by atoms with Gasteiger partial charge in [0.15, 0.2) is 0 Å². The van der Waals surface area contributed by atoms with Gasteiger partial charge >= 0.3 is 0 Å². The molecule has 0 amide bonds. The fraction of sp³-hybridized carbons (Fsp3) is 0.200. The van der Waals surface area contributed by atoms with Gasteiger partial charge in [0.05, 0.1) is 0 Å². The first-order valence-electron chi connectivity index (χ1n) is 6.23. The second-order valence-corrected chi connectivity index (χ2v) is 5.51. The number of hydrazine groups is 1. The molecule has 0 saturated carbocycles. The summed E-state index contributed by atoms with van der Waals surface area (Å²) < 4.78 is 28.2. The van der Waals surface area contributed by atoms with Crippen LogP contribution in [0.2, 0.25) is 0 Å². The van der Waals surface area contributed by atoms with E-state index in [4.69, 9.17) is 5.84 Å². The Morgan fingerprint density at radius 1 is 1.00 bits per heavy atom. The number of hydrogen-bond donors (Lipinski definition) is 2. The molecule has 2 aromatic carbocycles. The topological polar surface area (TPSA) is 38.0 Å². The minimum atomic E-state index is -0.541. The third-order valence-electron chi connectivity index (χ3n) is 3.14. The van der Waals surface area contributed by atoms with Crippen molar-refractivity contribution >= 4 is 15.9 Å². The third-order valence-corrected chi connectivity index (χ3v) is 3.67. The van der Waals surface area contributed by atoms with E-state index < -0.39 is 11.6 Å². The molecule has 5 heteroatoms. The SMILES string of the molecule is NNC(Cc1ccc(Br)cc1)Cc1c(F)cccc1F. The van der Waals surface area contributed by atoms with Crippen LogP contribution in [0.5, 0.6) is 0 Å². The zero-order chi connectivity index (χ0) is 14.5. The van der Waals surface area contributed by atoms with Crippen LogP contribution in [-0.4, -0.2) is 6.04 Å². The van der Waals surface area contributed by atoms with Crippen LogP contribution in [0.25, 0.3) is 0 Å². The van der Waals surface area contributed by atoms with Crippen molar-refractivity contribution in [2.75, 3.05) is 0 Å². The molecule has 0 spiro atoms. The molecule has 3 N–H and O–H groups in total. The molecule has 20 heavy (non-hydrogen) atoms. The fourth-order valence-electron chi connectivity index (χ4n) is 2.07. The van der Waals surface area contributed by atoms with E-state index >= 15 is 0 Å². The van der Waals surface area contributed by atoms with Crippen molar-refractivity contribution in [2.24, 2.45) is 5.84 Å². The summed E-state index contributed by atoms with van der Waals surface area (Å²) in [6, 6.07) is 11.4. The molecule has 0 radical (unpaired) electrons. The Balaban J connectivity index is 2.11. The number of halogens is 3. The van der Waals surface area contributed by atoms with E-state index in [-0.39, 0.29) is 18.0 Å². The zero-order valence-corrected chi connectivity index (χ0v) is 12.3. The Hall–Kier alpha value is -1.30. The number of nitrogens with one attached hydrogen (secondary N) is 1. The average Bonchev–Trinajstić information content (AvgIpc) is 2.44. The Morgan fingerprint density at radius 2 is 1.60 bits per heavy atom. The maximum Gasteiger partial charge on any atom is 0.129 e. The molecule has 0 saturated heterocycles. The van der Waals surface area contributed by atoms with Gasteiger partial charge in [0.25, 0.3) is 0 Å². The summed E-state index contributed by atoms with van der Waals surface area (Å²) >= 11 is 3.36. The van der Waals surface area contributed by atoms with Crippen LogP contribution >= 0.6 is 15.9 Å². The Kier molecular flexibility index (Phi) is 5.23. The second kappa shape index (κ2) is 6.92. The maximum atomic E-state index is 13.6. The van der Waals surface area contributed by atoms with E-state index in [1.54, 1.807) is 0 Å². The summed E-state index contributed by atoms with van der Waals surface area (Å²) in [6.07, 6.45) is 0.794. The van der Waals surface area contributed by atoms with Crippen LogP contribution in [0.1, 0.15) is 11.1 Å². The predicted octanol–water partition coefficient (Wildman–Crippen LogP) is 3.34. The molecule has 2 nitrogen and oxygen atoms in total. The zero-order valence-electron chi connectivity index (χ0n) is 10.7. The molecule has 0 aliphatic heterocycles. The van der Waals surface area contributed by atoms with E-state index in [9.17, 15) is 8.78 Å². The lowest BCUT2D eigenvalue weighted by molar-refractivity contribution is 0.484. The lowest BCUT2D eigenvalue weighted by atomic mass is 9.99. The van der Waals surface area contributed by atoms with Crippen molar-refractivity contribution in [1.82, 2.24) is 5.43 Å². The molecule has 0 heterocycles. The van der Waals surface area contributed by atoms with Gasteiger partial charge < -0.3 is 0 Å². The lowest BCUT2D eigenvalue weighted by Gasteiger charge is -2.17. The van der Waals surface area contributed by atoms with Crippen LogP contribution in [0.3, 0.4) is 0 Å². The van der Waals surface area contributed by atoms with Gasteiger partial charge in [-0.2, -0.15) is 0 Å². The molecule has 0 bridgehead atoms. The first-order valence-corrected chi connectivity index (χ1v) is 7.03. The smallest absolute Gasteiger partial charge is 0.129 e. The van der Waals surface area contributed by atoms with Gasteiger partial charge in [0, 0.05) is 16.1 Å². The summed E-state index contributed by atoms with van der Waals surface area (Å²) in [5.41, 5.74) is 3.73. The predicted molar refractivity (Wildman–Crippen MR) is 79.0 cm³/mol. The van der Waals surface area contributed by atoms with Gasteiger partial charge in [-0.25, -0.2) is 8.78 Å². The van der Waals surface area contributed by atoms with Gasteiger partial charge in [0.1, 0.15) is 11.6 Å². The molecule has 0 aromatic heterocycles. The first-order chi connectivity index (χ1) is 9.60. The van der Waals surface area contributed by atoms with E-state index in [1.807, 2.05) is 24.3 Å². The Morgan fingerprint density at radius 3 is 2.15 bits per heavy atom. The molecule has 0 aliphatic carbocycles. The van der Waals surface area contributed by atoms with Crippen LogP contribution in [0, 0.1) is 11.6 Å². The highest BCUT2D eigenvalue weighted by molar-refractivity contribution is 9.10. The molecule has 0 aliphatic rings. The lowest BCUT2D eigenvalue weighted by Crippen LogP contribution is -2.38. The van der Waals surface area contributed by atoms with Crippen LogP contribution < -0.4 is 11.3 Å². The molecular formula is C15H15BrF2N2. The van der Waals surface area contributed by atoms with Gasteiger partial charge in [-0.1, -0.05) is 34.1 Å². The van der Waals surface area contributed by atoms with Crippen molar-refractivity contribution in [3.8, 4) is 0 Å². The largest absolute Gasteiger partial charge is 0.271 e. The highest BCUT2D eigenvalue weighted by Crippen LogP contribution is 2.17. The summed E-state index contributed by atoms with van der Waals surface area (Å²) in [5.74, 6) is 4.41.